The molecule has 2 heterocycles. The van der Waals surface area contributed by atoms with Crippen molar-refractivity contribution in [3.63, 3.8) is 0 Å². The number of nitrogens with zero attached hydrogens (tertiary/aromatic N) is 3. The van der Waals surface area contributed by atoms with Gasteiger partial charge in [-0.05, 0) is 24.3 Å². The minimum atomic E-state index is -0.0285. The number of carbonyl (C=O) groups excluding carboxylic acids is 1. The van der Waals surface area contributed by atoms with Gasteiger partial charge < -0.3 is 20.5 Å². The van der Waals surface area contributed by atoms with Crippen LogP contribution in [0.2, 0.25) is 0 Å². The molecule has 0 saturated heterocycles. The molecule has 27 heavy (non-hydrogen) atoms. The van der Waals surface area contributed by atoms with Crippen molar-refractivity contribution in [1.29, 1.82) is 0 Å². The Morgan fingerprint density at radius 2 is 1.85 bits per heavy atom. The third-order valence-corrected chi connectivity index (χ3v) is 3.84. The van der Waals surface area contributed by atoms with Gasteiger partial charge in [-0.3, -0.25) is 4.79 Å². The lowest BCUT2D eigenvalue weighted by Crippen LogP contribution is -2.09. The highest BCUT2D eigenvalue weighted by atomic mass is 16.5. The van der Waals surface area contributed by atoms with Crippen LogP contribution in [-0.4, -0.2) is 41.2 Å². The van der Waals surface area contributed by atoms with Crippen molar-refractivity contribution >= 4 is 28.6 Å². The highest BCUT2D eigenvalue weighted by Gasteiger charge is 2.11. The number of ether oxygens (including phenoxy) is 2. The number of anilines is 2. The maximum atomic E-state index is 11.5. The molecule has 0 aliphatic rings. The summed E-state index contributed by atoms with van der Waals surface area (Å²) in [7, 11) is 1.60. The van der Waals surface area contributed by atoms with Gasteiger partial charge in [-0.1, -0.05) is 19.1 Å². The first-order valence-electron chi connectivity index (χ1n) is 8.57. The zero-order chi connectivity index (χ0) is 19.2. The van der Waals surface area contributed by atoms with E-state index in [4.69, 9.17) is 15.2 Å². The van der Waals surface area contributed by atoms with E-state index < -0.39 is 0 Å². The van der Waals surface area contributed by atoms with E-state index in [1.807, 2.05) is 43.3 Å². The Bertz CT molecular complexity index is 944. The normalized spacial score (nSPS) is 10.7. The zero-order valence-electron chi connectivity index (χ0n) is 15.2. The third kappa shape index (κ3) is 4.48. The Kier molecular flexibility index (Phi) is 5.77. The summed E-state index contributed by atoms with van der Waals surface area (Å²) in [6.45, 7) is 2.57. The van der Waals surface area contributed by atoms with Crippen LogP contribution >= 0.6 is 0 Å². The van der Waals surface area contributed by atoms with Crippen molar-refractivity contribution in [2.75, 3.05) is 31.4 Å². The molecule has 0 aliphatic heterocycles. The number of carbonyl (C=O) groups is 1. The lowest BCUT2D eigenvalue weighted by Gasteiger charge is -2.10. The number of nitrogens with two attached hydrogens (primary N) is 1. The number of aromatic nitrogens is 3. The van der Waals surface area contributed by atoms with Crippen LogP contribution in [0.5, 0.6) is 5.88 Å². The average Bonchev–Trinajstić information content (AvgIpc) is 2.68. The molecule has 0 aliphatic carbocycles. The molecule has 8 heteroatoms. The topological polar surface area (TPSA) is 112 Å². The summed E-state index contributed by atoms with van der Waals surface area (Å²) in [4.78, 5) is 24.5. The largest absolute Gasteiger partial charge is 0.474 e. The van der Waals surface area contributed by atoms with Gasteiger partial charge in [-0.25, -0.2) is 9.97 Å². The Labute approximate surface area is 156 Å². The quantitative estimate of drug-likeness (QED) is 0.617. The first-order chi connectivity index (χ1) is 13.1. The van der Waals surface area contributed by atoms with E-state index in [-0.39, 0.29) is 11.9 Å². The van der Waals surface area contributed by atoms with Crippen LogP contribution in [0.25, 0.3) is 22.3 Å². The Hall–Kier alpha value is -3.26. The van der Waals surface area contributed by atoms with Gasteiger partial charge in [-0.15, -0.1) is 0 Å². The van der Waals surface area contributed by atoms with E-state index in [1.54, 1.807) is 7.11 Å². The molecule has 0 atom stereocenters. The molecule has 0 spiro atoms. The summed E-state index contributed by atoms with van der Waals surface area (Å²) in [5.41, 5.74) is 9.25. The second-order valence-corrected chi connectivity index (χ2v) is 5.77. The minimum Gasteiger partial charge on any atom is -0.474 e. The van der Waals surface area contributed by atoms with Gasteiger partial charge in [0.1, 0.15) is 6.61 Å². The molecule has 0 radical (unpaired) electrons. The van der Waals surface area contributed by atoms with Crippen molar-refractivity contribution in [2.45, 2.75) is 13.3 Å². The summed E-state index contributed by atoms with van der Waals surface area (Å²) in [5, 5.41) is 2.82. The summed E-state index contributed by atoms with van der Waals surface area (Å²) < 4.78 is 10.6. The number of amides is 1. The number of benzene rings is 1. The fraction of sp³-hybridized carbons (Fsp3) is 0.263. The molecule has 0 saturated carbocycles. The molecule has 1 aromatic carbocycles. The van der Waals surface area contributed by atoms with Crippen LogP contribution in [0, 0.1) is 0 Å². The number of nitrogen functional groups attached to an aromatic ring is 1. The number of rotatable bonds is 7. The highest BCUT2D eigenvalue weighted by Crippen LogP contribution is 2.26. The van der Waals surface area contributed by atoms with Gasteiger partial charge in [0.25, 0.3) is 0 Å². The zero-order valence-corrected chi connectivity index (χ0v) is 15.2. The molecule has 0 unspecified atom stereocenters. The maximum absolute atomic E-state index is 11.5. The lowest BCUT2D eigenvalue weighted by molar-refractivity contribution is -0.115. The molecule has 3 N–H and O–H groups in total. The SMILES string of the molecule is CCC(=O)Nc1ccc(-c2ccc3nc(N)nc(OCCOC)c3n2)cc1. The third-order valence-electron chi connectivity index (χ3n) is 3.84. The fourth-order valence-electron chi connectivity index (χ4n) is 2.46. The summed E-state index contributed by atoms with van der Waals surface area (Å²) in [6, 6.07) is 11.1. The average molecular weight is 367 g/mol. The molecular weight excluding hydrogens is 346 g/mol. The van der Waals surface area contributed by atoms with Gasteiger partial charge in [0.05, 0.1) is 17.8 Å². The van der Waals surface area contributed by atoms with Crippen LogP contribution in [0.15, 0.2) is 36.4 Å². The molecule has 3 aromatic rings. The van der Waals surface area contributed by atoms with E-state index in [0.29, 0.717) is 36.5 Å². The molecule has 140 valence electrons. The summed E-state index contributed by atoms with van der Waals surface area (Å²) >= 11 is 0. The standard InChI is InChI=1S/C19H21N5O3/c1-3-16(25)21-13-6-4-12(5-7-13)14-8-9-15-17(22-14)18(24-19(20)23-15)27-11-10-26-2/h4-9H,3,10-11H2,1-2H3,(H,21,25)(H2,20,23,24). The highest BCUT2D eigenvalue weighted by molar-refractivity contribution is 5.90. The monoisotopic (exact) mass is 367 g/mol. The molecule has 1 amide bonds. The number of hydrogen-bond acceptors (Lipinski definition) is 7. The van der Waals surface area contributed by atoms with Gasteiger partial charge in [0.2, 0.25) is 17.7 Å². The lowest BCUT2D eigenvalue weighted by atomic mass is 10.1. The summed E-state index contributed by atoms with van der Waals surface area (Å²) in [6.07, 6.45) is 0.433. The van der Waals surface area contributed by atoms with Crippen LogP contribution in [-0.2, 0) is 9.53 Å². The van der Waals surface area contributed by atoms with Crippen LogP contribution in [0.4, 0.5) is 11.6 Å². The molecule has 2 aromatic heterocycles. The van der Waals surface area contributed by atoms with Crippen molar-refractivity contribution in [3.05, 3.63) is 36.4 Å². The predicted molar refractivity (Wildman–Crippen MR) is 103 cm³/mol. The van der Waals surface area contributed by atoms with Crippen LogP contribution in [0.3, 0.4) is 0 Å². The first-order valence-corrected chi connectivity index (χ1v) is 8.57. The number of methoxy groups -OCH3 is 1. The van der Waals surface area contributed by atoms with E-state index in [1.165, 1.54) is 0 Å². The van der Waals surface area contributed by atoms with Crippen molar-refractivity contribution in [1.82, 2.24) is 15.0 Å². The number of pyridine rings is 1. The second kappa shape index (κ2) is 8.41. The van der Waals surface area contributed by atoms with Crippen LogP contribution in [0.1, 0.15) is 13.3 Å². The molecule has 0 fully saturated rings. The van der Waals surface area contributed by atoms with Crippen molar-refractivity contribution in [3.8, 4) is 17.1 Å². The first kappa shape index (κ1) is 18.5. The smallest absolute Gasteiger partial charge is 0.245 e. The van der Waals surface area contributed by atoms with Gasteiger partial charge >= 0.3 is 0 Å². The predicted octanol–water partition coefficient (Wildman–Crippen LogP) is 2.65. The van der Waals surface area contributed by atoms with Gasteiger partial charge in [0.15, 0.2) is 5.52 Å². The Morgan fingerprint density at radius 3 is 2.56 bits per heavy atom. The second-order valence-electron chi connectivity index (χ2n) is 5.77. The van der Waals surface area contributed by atoms with Crippen LogP contribution < -0.4 is 15.8 Å². The maximum Gasteiger partial charge on any atom is 0.245 e. The van der Waals surface area contributed by atoms with Gasteiger partial charge in [0, 0.05) is 24.8 Å². The van der Waals surface area contributed by atoms with Crippen molar-refractivity contribution < 1.29 is 14.3 Å². The van der Waals surface area contributed by atoms with E-state index in [9.17, 15) is 4.79 Å². The Balaban J connectivity index is 1.92. The Morgan fingerprint density at radius 1 is 1.07 bits per heavy atom. The number of hydrogen-bond donors (Lipinski definition) is 2. The van der Waals surface area contributed by atoms with Crippen molar-refractivity contribution in [2.24, 2.45) is 0 Å². The number of fused-ring (bicyclic) bond motifs is 1. The summed E-state index contributed by atoms with van der Waals surface area (Å²) in [5.74, 6) is 0.419. The van der Waals surface area contributed by atoms with E-state index in [2.05, 4.69) is 20.3 Å². The molecule has 3 rings (SSSR count). The molecular formula is C19H21N5O3. The van der Waals surface area contributed by atoms with E-state index in [0.717, 1.165) is 16.9 Å². The minimum absolute atomic E-state index is 0.0285. The number of nitrogens with one attached hydrogen (secondary N) is 1. The molecule has 0 bridgehead atoms. The molecule has 8 nitrogen and oxygen atoms in total. The fourth-order valence-corrected chi connectivity index (χ4v) is 2.46. The van der Waals surface area contributed by atoms with Gasteiger partial charge in [-0.2, -0.15) is 4.98 Å². The van der Waals surface area contributed by atoms with E-state index >= 15 is 0 Å².